The van der Waals surface area contributed by atoms with Crippen LogP contribution in [-0.4, -0.2) is 29.6 Å². The summed E-state index contributed by atoms with van der Waals surface area (Å²) in [5.74, 6) is -3.75. The molecule has 1 aliphatic carbocycles. The molecule has 0 unspecified atom stereocenters. The molecule has 0 saturated heterocycles. The summed E-state index contributed by atoms with van der Waals surface area (Å²) in [5.41, 5.74) is -0.265. The molecular weight excluding hydrogens is 294 g/mol. The molecular formula is C15H18F2N2O3. The van der Waals surface area contributed by atoms with Gasteiger partial charge in [-0.3, -0.25) is 9.59 Å². The summed E-state index contributed by atoms with van der Waals surface area (Å²) in [7, 11) is 0. The van der Waals surface area contributed by atoms with E-state index in [9.17, 15) is 23.5 Å². The van der Waals surface area contributed by atoms with Gasteiger partial charge in [-0.1, -0.05) is 12.8 Å². The van der Waals surface area contributed by atoms with Gasteiger partial charge in [0.15, 0.2) is 0 Å². The number of aliphatic hydroxyl groups is 1. The number of carbonyl (C=O) groups excluding carboxylic acids is 2. The molecule has 1 aromatic rings. The van der Waals surface area contributed by atoms with Crippen LogP contribution in [0.15, 0.2) is 18.2 Å². The number of anilines is 1. The molecule has 1 saturated carbocycles. The number of amides is 2. The molecule has 1 aromatic carbocycles. The molecule has 120 valence electrons. The number of hydrogen-bond donors (Lipinski definition) is 3. The third kappa shape index (κ3) is 4.24. The Morgan fingerprint density at radius 3 is 2.59 bits per heavy atom. The van der Waals surface area contributed by atoms with Crippen molar-refractivity contribution < 1.29 is 23.5 Å². The summed E-state index contributed by atoms with van der Waals surface area (Å²) in [4.78, 5) is 23.3. The maximum absolute atomic E-state index is 13.4. The second-order valence-corrected chi connectivity index (χ2v) is 5.40. The molecule has 0 aliphatic heterocycles. The molecule has 5 nitrogen and oxygen atoms in total. The predicted octanol–water partition coefficient (Wildman–Crippen LogP) is 1.57. The van der Waals surface area contributed by atoms with E-state index in [1.165, 1.54) is 0 Å². The van der Waals surface area contributed by atoms with Crippen molar-refractivity contribution in [2.75, 3.05) is 11.9 Å². The van der Waals surface area contributed by atoms with Gasteiger partial charge in [0, 0.05) is 18.5 Å². The minimum absolute atomic E-state index is 0.0759. The third-order valence-corrected chi connectivity index (χ3v) is 3.78. The van der Waals surface area contributed by atoms with Crippen LogP contribution in [0.5, 0.6) is 0 Å². The Kier molecular flexibility index (Phi) is 5.43. The number of rotatable bonds is 3. The lowest BCUT2D eigenvalue weighted by molar-refractivity contribution is -0.136. The molecule has 7 heteroatoms. The average Bonchev–Trinajstić information content (AvgIpc) is 2.49. The minimum Gasteiger partial charge on any atom is -0.393 e. The number of nitrogens with one attached hydrogen (secondary N) is 2. The molecule has 2 atom stereocenters. The number of hydrogen-bond acceptors (Lipinski definition) is 3. The van der Waals surface area contributed by atoms with E-state index in [4.69, 9.17) is 0 Å². The maximum Gasteiger partial charge on any atom is 0.313 e. The van der Waals surface area contributed by atoms with Crippen molar-refractivity contribution in [3.05, 3.63) is 29.8 Å². The Morgan fingerprint density at radius 2 is 1.91 bits per heavy atom. The monoisotopic (exact) mass is 312 g/mol. The Hall–Kier alpha value is -2.02. The topological polar surface area (TPSA) is 78.4 Å². The highest BCUT2D eigenvalue weighted by Crippen LogP contribution is 2.23. The highest BCUT2D eigenvalue weighted by Gasteiger charge is 2.24. The van der Waals surface area contributed by atoms with Crippen molar-refractivity contribution in [2.45, 2.75) is 31.8 Å². The van der Waals surface area contributed by atoms with Gasteiger partial charge < -0.3 is 15.7 Å². The van der Waals surface area contributed by atoms with E-state index < -0.39 is 29.6 Å². The average molecular weight is 312 g/mol. The van der Waals surface area contributed by atoms with Crippen LogP contribution >= 0.6 is 0 Å². The SMILES string of the molecule is O=C(NC[C@H]1CCCC[C@@H]1O)C(=O)Nc1ccc(F)cc1F. The number of aliphatic hydroxyl groups excluding tert-OH is 1. The number of halogens is 2. The van der Waals surface area contributed by atoms with Crippen molar-refractivity contribution in [1.82, 2.24) is 5.32 Å². The van der Waals surface area contributed by atoms with Gasteiger partial charge in [0.2, 0.25) is 0 Å². The standard InChI is InChI=1S/C15H18F2N2O3/c16-10-5-6-12(11(17)7-10)19-15(22)14(21)18-8-9-3-1-2-4-13(9)20/h5-7,9,13,20H,1-4,8H2,(H,18,21)(H,19,22)/t9-,13+/m1/s1. The van der Waals surface area contributed by atoms with Crippen LogP contribution < -0.4 is 10.6 Å². The van der Waals surface area contributed by atoms with E-state index in [0.29, 0.717) is 12.5 Å². The van der Waals surface area contributed by atoms with E-state index in [1.807, 2.05) is 0 Å². The van der Waals surface area contributed by atoms with Gasteiger partial charge in [-0.15, -0.1) is 0 Å². The van der Waals surface area contributed by atoms with Gasteiger partial charge in [0.05, 0.1) is 11.8 Å². The summed E-state index contributed by atoms with van der Waals surface area (Å²) in [6.45, 7) is 0.194. The lowest BCUT2D eigenvalue weighted by Gasteiger charge is -2.27. The number of benzene rings is 1. The van der Waals surface area contributed by atoms with Gasteiger partial charge in [0.25, 0.3) is 0 Å². The van der Waals surface area contributed by atoms with Crippen LogP contribution in [0, 0.1) is 17.6 Å². The Bertz CT molecular complexity index is 566. The molecule has 0 radical (unpaired) electrons. The van der Waals surface area contributed by atoms with Gasteiger partial charge in [-0.25, -0.2) is 8.78 Å². The lowest BCUT2D eigenvalue weighted by atomic mass is 9.86. The number of carbonyl (C=O) groups is 2. The summed E-state index contributed by atoms with van der Waals surface area (Å²) < 4.78 is 26.1. The van der Waals surface area contributed by atoms with E-state index >= 15 is 0 Å². The lowest BCUT2D eigenvalue weighted by Crippen LogP contribution is -2.41. The smallest absolute Gasteiger partial charge is 0.313 e. The van der Waals surface area contributed by atoms with Crippen LogP contribution in [0.2, 0.25) is 0 Å². The Labute approximate surface area is 126 Å². The molecule has 0 heterocycles. The fraction of sp³-hybridized carbons (Fsp3) is 0.467. The van der Waals surface area contributed by atoms with Crippen molar-refractivity contribution in [3.8, 4) is 0 Å². The highest BCUT2D eigenvalue weighted by atomic mass is 19.1. The Balaban J connectivity index is 1.85. The first-order valence-corrected chi connectivity index (χ1v) is 7.19. The molecule has 0 spiro atoms. The molecule has 1 aliphatic rings. The van der Waals surface area contributed by atoms with Crippen molar-refractivity contribution >= 4 is 17.5 Å². The zero-order chi connectivity index (χ0) is 16.1. The first-order chi connectivity index (χ1) is 10.5. The molecule has 0 aromatic heterocycles. The summed E-state index contributed by atoms with van der Waals surface area (Å²) in [6, 6.07) is 2.64. The predicted molar refractivity (Wildman–Crippen MR) is 76.0 cm³/mol. The third-order valence-electron chi connectivity index (χ3n) is 3.78. The zero-order valence-corrected chi connectivity index (χ0v) is 11.9. The first-order valence-electron chi connectivity index (χ1n) is 7.19. The van der Waals surface area contributed by atoms with Crippen LogP contribution in [0.3, 0.4) is 0 Å². The summed E-state index contributed by atoms with van der Waals surface area (Å²) in [6.07, 6.45) is 2.93. The Morgan fingerprint density at radius 1 is 1.18 bits per heavy atom. The van der Waals surface area contributed by atoms with Gasteiger partial charge in [0.1, 0.15) is 11.6 Å². The maximum atomic E-state index is 13.4. The van der Waals surface area contributed by atoms with Crippen LogP contribution in [0.1, 0.15) is 25.7 Å². The largest absolute Gasteiger partial charge is 0.393 e. The van der Waals surface area contributed by atoms with E-state index in [2.05, 4.69) is 10.6 Å². The van der Waals surface area contributed by atoms with Crippen molar-refractivity contribution in [3.63, 3.8) is 0 Å². The summed E-state index contributed by atoms with van der Waals surface area (Å²) >= 11 is 0. The van der Waals surface area contributed by atoms with Crippen LogP contribution in [-0.2, 0) is 9.59 Å². The zero-order valence-electron chi connectivity index (χ0n) is 11.9. The van der Waals surface area contributed by atoms with E-state index in [0.717, 1.165) is 31.4 Å². The molecule has 2 amide bonds. The van der Waals surface area contributed by atoms with Crippen molar-refractivity contribution in [1.29, 1.82) is 0 Å². The van der Waals surface area contributed by atoms with Crippen LogP contribution in [0.25, 0.3) is 0 Å². The highest BCUT2D eigenvalue weighted by molar-refractivity contribution is 6.39. The fourth-order valence-electron chi connectivity index (χ4n) is 2.50. The van der Waals surface area contributed by atoms with E-state index in [-0.39, 0.29) is 18.2 Å². The van der Waals surface area contributed by atoms with Crippen molar-refractivity contribution in [2.24, 2.45) is 5.92 Å². The second kappa shape index (κ2) is 7.31. The quantitative estimate of drug-likeness (QED) is 0.741. The summed E-state index contributed by atoms with van der Waals surface area (Å²) in [5, 5.41) is 14.3. The van der Waals surface area contributed by atoms with Crippen LogP contribution in [0.4, 0.5) is 14.5 Å². The van der Waals surface area contributed by atoms with Gasteiger partial charge >= 0.3 is 11.8 Å². The van der Waals surface area contributed by atoms with Gasteiger partial charge in [-0.05, 0) is 25.0 Å². The normalized spacial score (nSPS) is 21.2. The van der Waals surface area contributed by atoms with Gasteiger partial charge in [-0.2, -0.15) is 0 Å². The molecule has 22 heavy (non-hydrogen) atoms. The fourth-order valence-corrected chi connectivity index (χ4v) is 2.50. The van der Waals surface area contributed by atoms with E-state index in [1.54, 1.807) is 0 Å². The molecule has 3 N–H and O–H groups in total. The molecule has 1 fully saturated rings. The second-order valence-electron chi connectivity index (χ2n) is 5.40. The first kappa shape index (κ1) is 16.4. The molecule has 0 bridgehead atoms. The molecule has 2 rings (SSSR count). The minimum atomic E-state index is -1.03.